The lowest BCUT2D eigenvalue weighted by Gasteiger charge is -2.38. The van der Waals surface area contributed by atoms with Crippen LogP contribution in [0.15, 0.2) is 45.6 Å². The predicted octanol–water partition coefficient (Wildman–Crippen LogP) is -0.152. The number of carboxylic acids is 1. The lowest BCUT2D eigenvalue weighted by Crippen LogP contribution is -2.61. The minimum absolute atomic E-state index is 0.0156. The number of aliphatic carboxylic acids is 1. The molecule has 174 valence electrons. The second-order valence-corrected chi connectivity index (χ2v) is 7.32. The summed E-state index contributed by atoms with van der Waals surface area (Å²) in [5.41, 5.74) is -0.539. The van der Waals surface area contributed by atoms with Crippen LogP contribution in [0.2, 0.25) is 0 Å². The molecule has 1 aliphatic heterocycles. The van der Waals surface area contributed by atoms with Gasteiger partial charge >= 0.3 is 5.97 Å². The maximum atomic E-state index is 12.6. The van der Waals surface area contributed by atoms with E-state index >= 15 is 0 Å². The third kappa shape index (κ3) is 3.91. The van der Waals surface area contributed by atoms with Crippen LogP contribution in [0, 0.1) is 0 Å². The first-order chi connectivity index (χ1) is 15.6. The van der Waals surface area contributed by atoms with Crippen molar-refractivity contribution < 1.29 is 54.4 Å². The number of aliphatic hydroxyl groups is 3. The molecule has 0 spiro atoms. The minimum Gasteiger partial charge on any atom is -0.508 e. The van der Waals surface area contributed by atoms with Gasteiger partial charge in [-0.2, -0.15) is 0 Å². The van der Waals surface area contributed by atoms with Gasteiger partial charge < -0.3 is 49.6 Å². The van der Waals surface area contributed by atoms with Gasteiger partial charge in [0.05, 0.1) is 0 Å². The lowest BCUT2D eigenvalue weighted by molar-refractivity contribution is -0.271. The van der Waals surface area contributed by atoms with Gasteiger partial charge in [0, 0.05) is 17.7 Å². The van der Waals surface area contributed by atoms with Gasteiger partial charge in [-0.05, 0) is 24.3 Å². The highest BCUT2D eigenvalue weighted by molar-refractivity contribution is 5.89. The first kappa shape index (κ1) is 22.4. The van der Waals surface area contributed by atoms with E-state index in [2.05, 4.69) is 0 Å². The Labute approximate surface area is 183 Å². The number of benzene rings is 2. The highest BCUT2D eigenvalue weighted by Crippen LogP contribution is 2.42. The zero-order valence-corrected chi connectivity index (χ0v) is 16.5. The fraction of sp³-hybridized carbons (Fsp3) is 0.238. The van der Waals surface area contributed by atoms with Gasteiger partial charge in [-0.3, -0.25) is 4.79 Å². The number of hydrogen-bond donors (Lipinski definition) is 7. The average Bonchev–Trinajstić information content (AvgIpc) is 2.77. The van der Waals surface area contributed by atoms with E-state index in [-0.39, 0.29) is 22.5 Å². The zero-order chi connectivity index (χ0) is 24.0. The summed E-state index contributed by atoms with van der Waals surface area (Å²) in [6.45, 7) is 0. The Bertz CT molecular complexity index is 1260. The number of phenols is 3. The number of aliphatic hydroxyl groups excluding tert-OH is 3. The van der Waals surface area contributed by atoms with Gasteiger partial charge in [0.2, 0.25) is 12.0 Å². The summed E-state index contributed by atoms with van der Waals surface area (Å²) in [7, 11) is 0. The van der Waals surface area contributed by atoms with Gasteiger partial charge in [-0.15, -0.1) is 0 Å². The van der Waals surface area contributed by atoms with Gasteiger partial charge in [-0.1, -0.05) is 0 Å². The lowest BCUT2D eigenvalue weighted by atomic mass is 9.99. The zero-order valence-electron chi connectivity index (χ0n) is 16.5. The summed E-state index contributed by atoms with van der Waals surface area (Å²) in [4.78, 5) is 23.8. The second kappa shape index (κ2) is 8.26. The SMILES string of the molecule is O=C(O)[C@H]1O[C@@H](Oc2cc3oc(-c4ccc(O)cc4)cc(=O)c3c(O)c2O)C(O)[C@@H](O)C1O. The molecule has 7 N–H and O–H groups in total. The van der Waals surface area contributed by atoms with Crippen molar-refractivity contribution in [3.05, 3.63) is 46.6 Å². The Hall–Kier alpha value is -3.84. The molecule has 1 fully saturated rings. The normalized spacial score (nSPS) is 25.1. The van der Waals surface area contributed by atoms with E-state index in [9.17, 15) is 40.2 Å². The van der Waals surface area contributed by atoms with E-state index in [1.807, 2.05) is 0 Å². The minimum atomic E-state index is -1.96. The highest BCUT2D eigenvalue weighted by atomic mass is 16.7. The quantitative estimate of drug-likeness (QED) is 0.253. The summed E-state index contributed by atoms with van der Waals surface area (Å²) in [5, 5.41) is 68.6. The number of ether oxygens (including phenoxy) is 2. The van der Waals surface area contributed by atoms with E-state index in [0.717, 1.165) is 12.1 Å². The van der Waals surface area contributed by atoms with Crippen LogP contribution >= 0.6 is 0 Å². The molecule has 2 aromatic carbocycles. The van der Waals surface area contributed by atoms with Crippen LogP contribution in [0.25, 0.3) is 22.3 Å². The van der Waals surface area contributed by atoms with Gasteiger partial charge in [0.1, 0.15) is 40.8 Å². The Balaban J connectivity index is 1.76. The molecule has 3 aromatic rings. The number of hydrogen-bond acceptors (Lipinski definition) is 11. The predicted molar refractivity (Wildman–Crippen MR) is 108 cm³/mol. The first-order valence-electron chi connectivity index (χ1n) is 9.49. The molecule has 1 aromatic heterocycles. The van der Waals surface area contributed by atoms with E-state index in [0.29, 0.717) is 5.56 Å². The summed E-state index contributed by atoms with van der Waals surface area (Å²) in [6, 6.07) is 7.74. The van der Waals surface area contributed by atoms with Crippen LogP contribution in [0.3, 0.4) is 0 Å². The number of carbonyl (C=O) groups is 1. The van der Waals surface area contributed by atoms with Crippen LogP contribution in [-0.2, 0) is 9.53 Å². The highest BCUT2D eigenvalue weighted by Gasteiger charge is 2.48. The molecule has 12 nitrogen and oxygen atoms in total. The molecule has 5 atom stereocenters. The molecule has 0 bridgehead atoms. The average molecular weight is 462 g/mol. The van der Waals surface area contributed by atoms with E-state index < -0.39 is 59.4 Å². The Morgan fingerprint density at radius 1 is 0.909 bits per heavy atom. The molecule has 4 rings (SSSR count). The molecular formula is C21H18O12. The van der Waals surface area contributed by atoms with Crippen molar-refractivity contribution in [2.75, 3.05) is 0 Å². The third-order valence-electron chi connectivity index (χ3n) is 5.14. The van der Waals surface area contributed by atoms with E-state index in [4.69, 9.17) is 19.0 Å². The molecule has 2 unspecified atom stereocenters. The Kier molecular flexibility index (Phi) is 5.59. The van der Waals surface area contributed by atoms with Gasteiger partial charge in [0.25, 0.3) is 0 Å². The molecule has 0 saturated carbocycles. The van der Waals surface area contributed by atoms with Crippen molar-refractivity contribution in [1.29, 1.82) is 0 Å². The standard InChI is InChI=1S/C21H18O12/c22-8-3-1-7(2-4-8)10-5-9(23)13-11(31-10)6-12(14(24)15(13)25)32-21-18(28)16(26)17(27)19(33-21)20(29)30/h1-6,16-19,21-22,24-28H,(H,29,30)/t16-,17?,18?,19-,21+/m0/s1. The monoisotopic (exact) mass is 462 g/mol. The molecule has 2 heterocycles. The van der Waals surface area contributed by atoms with Gasteiger partial charge in [-0.25, -0.2) is 4.79 Å². The smallest absolute Gasteiger partial charge is 0.335 e. The van der Waals surface area contributed by atoms with Crippen molar-refractivity contribution in [2.24, 2.45) is 0 Å². The summed E-state index contributed by atoms with van der Waals surface area (Å²) in [6.07, 6.45) is -9.67. The number of phenolic OH excluding ortho intramolecular Hbond substituents is 3. The van der Waals surface area contributed by atoms with Crippen molar-refractivity contribution >= 4 is 16.9 Å². The molecule has 0 aliphatic carbocycles. The fourth-order valence-corrected chi connectivity index (χ4v) is 3.40. The van der Waals surface area contributed by atoms with Crippen LogP contribution in [0.4, 0.5) is 0 Å². The maximum absolute atomic E-state index is 12.6. The fourth-order valence-electron chi connectivity index (χ4n) is 3.40. The molecule has 0 radical (unpaired) electrons. The van der Waals surface area contributed by atoms with E-state index in [1.165, 1.54) is 24.3 Å². The molecular weight excluding hydrogens is 444 g/mol. The first-order valence-corrected chi connectivity index (χ1v) is 9.49. The van der Waals surface area contributed by atoms with Gasteiger partial charge in [0.15, 0.2) is 23.0 Å². The van der Waals surface area contributed by atoms with Crippen LogP contribution in [0.1, 0.15) is 0 Å². The van der Waals surface area contributed by atoms with Crippen molar-refractivity contribution in [3.63, 3.8) is 0 Å². The topological polar surface area (TPSA) is 207 Å². The molecule has 1 saturated heterocycles. The molecule has 12 heteroatoms. The number of carboxylic acid groups (broad SMARTS) is 1. The molecule has 33 heavy (non-hydrogen) atoms. The Morgan fingerprint density at radius 3 is 2.21 bits per heavy atom. The van der Waals surface area contributed by atoms with Crippen molar-refractivity contribution in [3.8, 4) is 34.3 Å². The van der Waals surface area contributed by atoms with Crippen LogP contribution in [0.5, 0.6) is 23.0 Å². The van der Waals surface area contributed by atoms with E-state index in [1.54, 1.807) is 0 Å². The second-order valence-electron chi connectivity index (χ2n) is 7.32. The van der Waals surface area contributed by atoms with Crippen molar-refractivity contribution in [1.82, 2.24) is 0 Å². The van der Waals surface area contributed by atoms with Crippen molar-refractivity contribution in [2.45, 2.75) is 30.7 Å². The number of rotatable bonds is 4. The largest absolute Gasteiger partial charge is 0.508 e. The number of aromatic hydroxyl groups is 3. The molecule has 1 aliphatic rings. The summed E-state index contributed by atoms with van der Waals surface area (Å²) >= 11 is 0. The summed E-state index contributed by atoms with van der Waals surface area (Å²) in [5.74, 6) is -4.01. The maximum Gasteiger partial charge on any atom is 0.335 e. The Morgan fingerprint density at radius 2 is 1.58 bits per heavy atom. The summed E-state index contributed by atoms with van der Waals surface area (Å²) < 4.78 is 15.9. The van der Waals surface area contributed by atoms with Crippen LogP contribution < -0.4 is 10.2 Å². The third-order valence-corrected chi connectivity index (χ3v) is 5.14. The number of fused-ring (bicyclic) bond motifs is 1. The molecule has 0 amide bonds. The van der Waals surface area contributed by atoms with Crippen LogP contribution in [-0.4, -0.2) is 72.4 Å².